The standard InChI is InChI=1S/C12H22N2OS/c1-14(2)8-10-15-9-7-13-6-5-12-4-3-11-16-12/h3-4,11,13H,5-10H2,1-2H3. The number of likely N-dealkylation sites (N-methyl/N-ethyl adjacent to an activating group) is 1. The molecule has 0 aliphatic rings. The zero-order chi connectivity index (χ0) is 11.6. The Bertz CT molecular complexity index is 250. The average molecular weight is 242 g/mol. The highest BCUT2D eigenvalue weighted by Gasteiger charge is 1.94. The van der Waals surface area contributed by atoms with Gasteiger partial charge in [-0.25, -0.2) is 0 Å². The first-order valence-electron chi connectivity index (χ1n) is 5.74. The van der Waals surface area contributed by atoms with Gasteiger partial charge in [0.25, 0.3) is 0 Å². The van der Waals surface area contributed by atoms with Gasteiger partial charge in [0.15, 0.2) is 0 Å². The lowest BCUT2D eigenvalue weighted by Gasteiger charge is -2.10. The van der Waals surface area contributed by atoms with E-state index in [1.807, 2.05) is 11.3 Å². The molecule has 16 heavy (non-hydrogen) atoms. The van der Waals surface area contributed by atoms with Crippen LogP contribution in [0.25, 0.3) is 0 Å². The minimum atomic E-state index is 0.804. The predicted molar refractivity (Wildman–Crippen MR) is 70.3 cm³/mol. The maximum absolute atomic E-state index is 5.48. The van der Waals surface area contributed by atoms with E-state index in [4.69, 9.17) is 4.74 Å². The molecular formula is C12H22N2OS. The fraction of sp³-hybridized carbons (Fsp3) is 0.667. The molecule has 0 bridgehead atoms. The molecule has 3 nitrogen and oxygen atoms in total. The molecule has 0 amide bonds. The zero-order valence-corrected chi connectivity index (χ0v) is 11.1. The molecule has 0 aliphatic heterocycles. The highest BCUT2D eigenvalue weighted by atomic mass is 32.1. The lowest BCUT2D eigenvalue weighted by atomic mass is 10.3. The first kappa shape index (κ1) is 13.6. The second-order valence-corrected chi connectivity index (χ2v) is 5.03. The van der Waals surface area contributed by atoms with Gasteiger partial charge >= 0.3 is 0 Å². The monoisotopic (exact) mass is 242 g/mol. The number of nitrogens with zero attached hydrogens (tertiary/aromatic N) is 1. The summed E-state index contributed by atoms with van der Waals surface area (Å²) < 4.78 is 5.48. The third-order valence-electron chi connectivity index (χ3n) is 2.23. The van der Waals surface area contributed by atoms with Crippen LogP contribution in [-0.4, -0.2) is 51.8 Å². The van der Waals surface area contributed by atoms with Crippen molar-refractivity contribution in [3.63, 3.8) is 0 Å². The molecule has 92 valence electrons. The summed E-state index contributed by atoms with van der Waals surface area (Å²) in [4.78, 5) is 3.57. The highest BCUT2D eigenvalue weighted by Crippen LogP contribution is 2.07. The van der Waals surface area contributed by atoms with Crippen molar-refractivity contribution in [2.45, 2.75) is 6.42 Å². The second kappa shape index (κ2) is 8.70. The summed E-state index contributed by atoms with van der Waals surface area (Å²) in [6.07, 6.45) is 1.12. The van der Waals surface area contributed by atoms with Crippen LogP contribution in [0, 0.1) is 0 Å². The molecule has 0 radical (unpaired) electrons. The van der Waals surface area contributed by atoms with Gasteiger partial charge in [0.2, 0.25) is 0 Å². The SMILES string of the molecule is CN(C)CCOCCNCCc1cccs1. The Hall–Kier alpha value is -0.420. The van der Waals surface area contributed by atoms with Gasteiger partial charge < -0.3 is 15.0 Å². The molecule has 1 heterocycles. The van der Waals surface area contributed by atoms with E-state index in [-0.39, 0.29) is 0 Å². The maximum Gasteiger partial charge on any atom is 0.0593 e. The van der Waals surface area contributed by atoms with Crippen molar-refractivity contribution in [3.8, 4) is 0 Å². The minimum Gasteiger partial charge on any atom is -0.379 e. The highest BCUT2D eigenvalue weighted by molar-refractivity contribution is 7.09. The van der Waals surface area contributed by atoms with Gasteiger partial charge in [-0.05, 0) is 32.0 Å². The summed E-state index contributed by atoms with van der Waals surface area (Å²) in [5, 5.41) is 5.50. The molecule has 1 aromatic rings. The van der Waals surface area contributed by atoms with Crippen LogP contribution < -0.4 is 5.32 Å². The smallest absolute Gasteiger partial charge is 0.0593 e. The number of rotatable bonds is 9. The summed E-state index contributed by atoms with van der Waals surface area (Å²) in [7, 11) is 4.12. The predicted octanol–water partition coefficient (Wildman–Crippen LogP) is 1.46. The second-order valence-electron chi connectivity index (χ2n) is 4.00. The van der Waals surface area contributed by atoms with E-state index in [1.165, 1.54) is 4.88 Å². The topological polar surface area (TPSA) is 24.5 Å². The van der Waals surface area contributed by atoms with E-state index < -0.39 is 0 Å². The molecule has 0 aliphatic carbocycles. The zero-order valence-electron chi connectivity index (χ0n) is 10.2. The Kier molecular flexibility index (Phi) is 7.42. The summed E-state index contributed by atoms with van der Waals surface area (Å²) >= 11 is 1.82. The largest absolute Gasteiger partial charge is 0.379 e. The van der Waals surface area contributed by atoms with Crippen LogP contribution >= 0.6 is 11.3 Å². The van der Waals surface area contributed by atoms with Crippen molar-refractivity contribution in [2.24, 2.45) is 0 Å². The van der Waals surface area contributed by atoms with Crippen molar-refractivity contribution in [1.82, 2.24) is 10.2 Å². The number of hydrogen-bond acceptors (Lipinski definition) is 4. The van der Waals surface area contributed by atoms with Crippen molar-refractivity contribution < 1.29 is 4.74 Å². The van der Waals surface area contributed by atoms with Crippen molar-refractivity contribution >= 4 is 11.3 Å². The number of ether oxygens (including phenoxy) is 1. The van der Waals surface area contributed by atoms with Crippen LogP contribution in [0.2, 0.25) is 0 Å². The van der Waals surface area contributed by atoms with Gasteiger partial charge in [-0.1, -0.05) is 6.07 Å². The molecule has 0 saturated heterocycles. The quantitative estimate of drug-likeness (QED) is 0.664. The molecule has 0 spiro atoms. The Morgan fingerprint density at radius 1 is 1.31 bits per heavy atom. The fourth-order valence-corrected chi connectivity index (χ4v) is 1.99. The van der Waals surface area contributed by atoms with Gasteiger partial charge in [-0.15, -0.1) is 11.3 Å². The number of thiophene rings is 1. The number of nitrogens with one attached hydrogen (secondary N) is 1. The Labute approximate surface area is 102 Å². The third-order valence-corrected chi connectivity index (χ3v) is 3.17. The van der Waals surface area contributed by atoms with E-state index in [0.717, 1.165) is 39.3 Å². The first-order valence-corrected chi connectivity index (χ1v) is 6.62. The summed E-state index contributed by atoms with van der Waals surface area (Å²) in [6.45, 7) is 4.60. The van der Waals surface area contributed by atoms with Crippen molar-refractivity contribution in [1.29, 1.82) is 0 Å². The van der Waals surface area contributed by atoms with Gasteiger partial charge in [-0.3, -0.25) is 0 Å². The van der Waals surface area contributed by atoms with E-state index >= 15 is 0 Å². The van der Waals surface area contributed by atoms with Crippen LogP contribution in [0.5, 0.6) is 0 Å². The molecule has 0 saturated carbocycles. The van der Waals surface area contributed by atoms with Crippen molar-refractivity contribution in [2.75, 3.05) is 46.9 Å². The molecule has 0 fully saturated rings. The normalized spacial score (nSPS) is 11.2. The van der Waals surface area contributed by atoms with Crippen LogP contribution in [-0.2, 0) is 11.2 Å². The molecule has 0 unspecified atom stereocenters. The minimum absolute atomic E-state index is 0.804. The molecule has 1 rings (SSSR count). The lowest BCUT2D eigenvalue weighted by molar-refractivity contribution is 0.119. The molecule has 4 heteroatoms. The van der Waals surface area contributed by atoms with Crippen molar-refractivity contribution in [3.05, 3.63) is 22.4 Å². The Morgan fingerprint density at radius 3 is 2.88 bits per heavy atom. The Balaban J connectivity index is 1.82. The van der Waals surface area contributed by atoms with E-state index in [9.17, 15) is 0 Å². The number of hydrogen-bond donors (Lipinski definition) is 1. The van der Waals surface area contributed by atoms with Gasteiger partial charge in [0.05, 0.1) is 13.2 Å². The van der Waals surface area contributed by atoms with Crippen LogP contribution in [0.3, 0.4) is 0 Å². The van der Waals surface area contributed by atoms with Gasteiger partial charge in [-0.2, -0.15) is 0 Å². The maximum atomic E-state index is 5.48. The third kappa shape index (κ3) is 6.95. The van der Waals surface area contributed by atoms with E-state index in [1.54, 1.807) is 0 Å². The van der Waals surface area contributed by atoms with E-state index in [2.05, 4.69) is 41.8 Å². The van der Waals surface area contributed by atoms with Crippen LogP contribution in [0.1, 0.15) is 4.88 Å². The fourth-order valence-electron chi connectivity index (χ4n) is 1.28. The molecule has 0 aromatic carbocycles. The van der Waals surface area contributed by atoms with Gasteiger partial charge in [0, 0.05) is 24.5 Å². The summed E-state index contributed by atoms with van der Waals surface area (Å²) in [5.74, 6) is 0. The van der Waals surface area contributed by atoms with Crippen LogP contribution in [0.15, 0.2) is 17.5 Å². The van der Waals surface area contributed by atoms with Gasteiger partial charge in [0.1, 0.15) is 0 Å². The molecule has 1 aromatic heterocycles. The van der Waals surface area contributed by atoms with Crippen LogP contribution in [0.4, 0.5) is 0 Å². The molecular weight excluding hydrogens is 220 g/mol. The van der Waals surface area contributed by atoms with E-state index in [0.29, 0.717) is 0 Å². The molecule has 1 N–H and O–H groups in total. The summed E-state index contributed by atoms with van der Waals surface area (Å²) in [5.41, 5.74) is 0. The average Bonchev–Trinajstić information content (AvgIpc) is 2.74. The molecule has 0 atom stereocenters. The first-order chi connectivity index (χ1) is 7.79. The Morgan fingerprint density at radius 2 is 2.19 bits per heavy atom. The summed E-state index contributed by atoms with van der Waals surface area (Å²) in [6, 6.07) is 4.28. The lowest BCUT2D eigenvalue weighted by Crippen LogP contribution is -2.24.